The molecule has 0 N–H and O–H groups in total. The first-order valence-corrected chi connectivity index (χ1v) is 12.1. The topological polar surface area (TPSA) is 66.1 Å². The van der Waals surface area contributed by atoms with Gasteiger partial charge in [-0.3, -0.25) is 4.57 Å². The normalized spacial score (nSPS) is 22.8. The molecule has 1 saturated heterocycles. The van der Waals surface area contributed by atoms with Gasteiger partial charge in [-0.25, -0.2) is 4.79 Å². The Balaban J connectivity index is 0.00000132. The summed E-state index contributed by atoms with van der Waals surface area (Å²) in [6, 6.07) is 6.36. The van der Waals surface area contributed by atoms with Crippen molar-refractivity contribution in [1.29, 1.82) is 0 Å². The van der Waals surface area contributed by atoms with Crippen LogP contribution in [0.2, 0.25) is 0 Å². The van der Waals surface area contributed by atoms with E-state index < -0.39 is 0 Å². The summed E-state index contributed by atoms with van der Waals surface area (Å²) in [5.41, 5.74) is 1.46. The van der Waals surface area contributed by atoms with Gasteiger partial charge in [-0.1, -0.05) is 0 Å². The number of likely N-dealkylation sites (tertiary alicyclic amines) is 1. The number of rotatable bonds is 7. The van der Waals surface area contributed by atoms with Crippen LogP contribution < -0.4 is 10.5 Å². The van der Waals surface area contributed by atoms with Gasteiger partial charge in [0.1, 0.15) is 5.75 Å². The SMILES string of the molecule is COCCOC1CCC(N2CCC(n3c(=O)oc4ccc(OC)cc43)CC2)CC1.CS. The highest BCUT2D eigenvalue weighted by Gasteiger charge is 2.31. The van der Waals surface area contributed by atoms with E-state index in [9.17, 15) is 4.79 Å². The van der Waals surface area contributed by atoms with Gasteiger partial charge in [0.2, 0.25) is 0 Å². The number of hydrogen-bond donors (Lipinski definition) is 1. The molecule has 1 aromatic heterocycles. The third kappa shape index (κ3) is 5.86. The Labute approximate surface area is 190 Å². The highest BCUT2D eigenvalue weighted by molar-refractivity contribution is 7.79. The molecule has 8 heteroatoms. The second-order valence-electron chi connectivity index (χ2n) is 8.13. The van der Waals surface area contributed by atoms with E-state index in [1.807, 2.05) is 22.8 Å². The number of fused-ring (bicyclic) bond motifs is 1. The Kier molecular flexibility index (Phi) is 9.31. The Hall–Kier alpha value is -1.48. The number of hydrogen-bond acceptors (Lipinski definition) is 7. The summed E-state index contributed by atoms with van der Waals surface area (Å²) in [6.07, 6.45) is 8.64. The maximum Gasteiger partial charge on any atom is 0.420 e. The predicted octanol–water partition coefficient (Wildman–Crippen LogP) is 3.76. The van der Waals surface area contributed by atoms with E-state index in [0.29, 0.717) is 30.9 Å². The molecule has 174 valence electrons. The van der Waals surface area contributed by atoms with Crippen LogP contribution in [-0.4, -0.2) is 68.4 Å². The van der Waals surface area contributed by atoms with E-state index in [4.69, 9.17) is 18.6 Å². The van der Waals surface area contributed by atoms with Crippen molar-refractivity contribution in [3.05, 3.63) is 28.7 Å². The molecule has 4 rings (SSSR count). The second-order valence-corrected chi connectivity index (χ2v) is 8.13. The molecule has 2 aliphatic rings. The lowest BCUT2D eigenvalue weighted by atomic mass is 9.90. The third-order valence-corrected chi connectivity index (χ3v) is 6.48. The number of ether oxygens (including phenoxy) is 3. The van der Waals surface area contributed by atoms with Gasteiger partial charge in [0.05, 0.1) is 31.9 Å². The van der Waals surface area contributed by atoms with E-state index in [2.05, 4.69) is 17.5 Å². The van der Waals surface area contributed by atoms with Gasteiger partial charge in [0.25, 0.3) is 0 Å². The summed E-state index contributed by atoms with van der Waals surface area (Å²) in [5.74, 6) is 0.481. The lowest BCUT2D eigenvalue weighted by Gasteiger charge is -2.40. The van der Waals surface area contributed by atoms with Gasteiger partial charge in [-0.2, -0.15) is 12.6 Å². The fraction of sp³-hybridized carbons (Fsp3) is 0.696. The lowest BCUT2D eigenvalue weighted by Crippen LogP contribution is -2.45. The number of oxazole rings is 1. The number of piperidine rings is 1. The average molecular weight is 453 g/mol. The smallest absolute Gasteiger partial charge is 0.420 e. The summed E-state index contributed by atoms with van der Waals surface area (Å²) >= 11 is 3.53. The van der Waals surface area contributed by atoms with Crippen molar-refractivity contribution in [2.45, 2.75) is 56.7 Å². The molecular formula is C23H36N2O5S. The molecule has 2 aromatic rings. The first kappa shape index (κ1) is 24.2. The zero-order chi connectivity index (χ0) is 22.2. The van der Waals surface area contributed by atoms with Crippen molar-refractivity contribution in [3.63, 3.8) is 0 Å². The first-order valence-electron chi connectivity index (χ1n) is 11.2. The molecule has 1 aliphatic carbocycles. The molecule has 7 nitrogen and oxygen atoms in total. The van der Waals surface area contributed by atoms with Crippen LogP contribution in [0.15, 0.2) is 27.4 Å². The molecule has 0 unspecified atom stereocenters. The maximum atomic E-state index is 12.5. The Morgan fingerprint density at radius 1 is 1.00 bits per heavy atom. The summed E-state index contributed by atoms with van der Waals surface area (Å²) in [7, 11) is 3.35. The molecule has 1 aromatic carbocycles. The largest absolute Gasteiger partial charge is 0.497 e. The van der Waals surface area contributed by atoms with Crippen LogP contribution in [0, 0.1) is 0 Å². The minimum atomic E-state index is -0.264. The minimum Gasteiger partial charge on any atom is -0.497 e. The Bertz CT molecular complexity index is 851. The van der Waals surface area contributed by atoms with E-state index in [1.54, 1.807) is 20.5 Å². The predicted molar refractivity (Wildman–Crippen MR) is 126 cm³/mol. The highest BCUT2D eigenvalue weighted by atomic mass is 32.1. The lowest BCUT2D eigenvalue weighted by molar-refractivity contribution is -0.0173. The van der Waals surface area contributed by atoms with Crippen molar-refractivity contribution in [3.8, 4) is 5.75 Å². The van der Waals surface area contributed by atoms with Crippen LogP contribution in [0.3, 0.4) is 0 Å². The van der Waals surface area contributed by atoms with Gasteiger partial charge in [0, 0.05) is 38.3 Å². The molecule has 1 saturated carbocycles. The summed E-state index contributed by atoms with van der Waals surface area (Å²) in [6.45, 7) is 3.40. The number of benzene rings is 1. The zero-order valence-electron chi connectivity index (χ0n) is 18.9. The molecular weight excluding hydrogens is 416 g/mol. The maximum absolute atomic E-state index is 12.5. The molecule has 0 radical (unpaired) electrons. The Morgan fingerprint density at radius 3 is 2.35 bits per heavy atom. The number of methoxy groups -OCH3 is 2. The first-order chi connectivity index (χ1) is 15.2. The molecule has 0 spiro atoms. The van der Waals surface area contributed by atoms with E-state index >= 15 is 0 Å². The van der Waals surface area contributed by atoms with Gasteiger partial charge in [-0.05, 0) is 56.9 Å². The highest BCUT2D eigenvalue weighted by Crippen LogP contribution is 2.32. The molecule has 0 amide bonds. The fourth-order valence-corrected chi connectivity index (χ4v) is 4.87. The molecule has 2 heterocycles. The number of aromatic nitrogens is 1. The number of nitrogens with zero attached hydrogens (tertiary/aromatic N) is 2. The van der Waals surface area contributed by atoms with Crippen LogP contribution >= 0.6 is 12.6 Å². The number of thiol groups is 1. The molecule has 0 atom stereocenters. The fourth-order valence-electron chi connectivity index (χ4n) is 4.87. The van der Waals surface area contributed by atoms with Gasteiger partial charge < -0.3 is 23.5 Å². The van der Waals surface area contributed by atoms with Gasteiger partial charge in [0.15, 0.2) is 5.58 Å². The van der Waals surface area contributed by atoms with Crippen LogP contribution in [0.1, 0.15) is 44.6 Å². The second kappa shape index (κ2) is 11.9. The Morgan fingerprint density at radius 2 is 1.71 bits per heavy atom. The van der Waals surface area contributed by atoms with Crippen molar-refractivity contribution >= 4 is 23.7 Å². The monoisotopic (exact) mass is 452 g/mol. The van der Waals surface area contributed by atoms with Crippen LogP contribution in [0.4, 0.5) is 0 Å². The van der Waals surface area contributed by atoms with Gasteiger partial charge in [-0.15, -0.1) is 0 Å². The van der Waals surface area contributed by atoms with Crippen molar-refractivity contribution in [2.75, 3.05) is 46.8 Å². The van der Waals surface area contributed by atoms with Crippen LogP contribution in [0.5, 0.6) is 5.75 Å². The van der Waals surface area contributed by atoms with E-state index in [0.717, 1.165) is 50.0 Å². The summed E-state index contributed by atoms with van der Waals surface area (Å²) < 4.78 is 23.6. The molecule has 31 heavy (non-hydrogen) atoms. The summed E-state index contributed by atoms with van der Waals surface area (Å²) in [4.78, 5) is 15.1. The van der Waals surface area contributed by atoms with Crippen molar-refractivity contribution in [1.82, 2.24) is 9.47 Å². The van der Waals surface area contributed by atoms with E-state index in [1.165, 1.54) is 12.8 Å². The molecule has 2 fully saturated rings. The quantitative estimate of drug-likeness (QED) is 0.510. The van der Waals surface area contributed by atoms with Gasteiger partial charge >= 0.3 is 5.76 Å². The average Bonchev–Trinajstić information content (AvgIpc) is 3.16. The molecule has 1 aliphatic heterocycles. The third-order valence-electron chi connectivity index (χ3n) is 6.48. The van der Waals surface area contributed by atoms with Crippen LogP contribution in [-0.2, 0) is 9.47 Å². The van der Waals surface area contributed by atoms with Crippen molar-refractivity contribution < 1.29 is 18.6 Å². The van der Waals surface area contributed by atoms with Crippen molar-refractivity contribution in [2.24, 2.45) is 0 Å². The summed E-state index contributed by atoms with van der Waals surface area (Å²) in [5, 5.41) is 0. The molecule has 0 bridgehead atoms. The standard InChI is InChI=1S/C22H32N2O5.CH4S/c1-26-13-14-28-18-5-3-16(4-6-18)23-11-9-17(10-12-23)24-20-15-19(27-2)7-8-21(20)29-22(24)25;1-2/h7-8,15-18H,3-6,9-14H2,1-2H3;2H,1H3. The van der Waals surface area contributed by atoms with E-state index in [-0.39, 0.29) is 11.8 Å². The van der Waals surface area contributed by atoms with Crippen LogP contribution in [0.25, 0.3) is 11.1 Å². The minimum absolute atomic E-state index is 0.181. The zero-order valence-corrected chi connectivity index (χ0v) is 19.8.